The van der Waals surface area contributed by atoms with Crippen molar-refractivity contribution in [1.82, 2.24) is 9.97 Å². The first-order chi connectivity index (χ1) is 9.36. The molecular formula is C11H6BrCl2N5O. The van der Waals surface area contributed by atoms with Crippen LogP contribution in [0.1, 0.15) is 5.56 Å². The van der Waals surface area contributed by atoms with Crippen LogP contribution >= 0.6 is 39.1 Å². The van der Waals surface area contributed by atoms with E-state index in [1.54, 1.807) is 0 Å². The first-order valence-electron chi connectivity index (χ1n) is 5.06. The first-order valence-corrected chi connectivity index (χ1v) is 6.61. The summed E-state index contributed by atoms with van der Waals surface area (Å²) in [6.45, 7) is 0. The Morgan fingerprint density at radius 3 is 2.50 bits per heavy atom. The second kappa shape index (κ2) is 5.32. The Bertz CT molecular complexity index is 760. The Morgan fingerprint density at radius 1 is 1.25 bits per heavy atom. The van der Waals surface area contributed by atoms with Crippen LogP contribution in [-0.4, -0.2) is 15.1 Å². The molecule has 0 atom stereocenters. The third kappa shape index (κ3) is 2.33. The summed E-state index contributed by atoms with van der Waals surface area (Å²) in [4.78, 5) is 7.62. The van der Waals surface area contributed by atoms with Crippen LogP contribution in [0.4, 0.5) is 11.8 Å². The smallest absolute Gasteiger partial charge is 0.222 e. The number of nitrogens with zero attached hydrogens (tertiary/aromatic N) is 3. The van der Waals surface area contributed by atoms with Gasteiger partial charge in [-0.25, -0.2) is 4.98 Å². The van der Waals surface area contributed by atoms with E-state index in [1.165, 1.54) is 6.07 Å². The molecule has 0 fully saturated rings. The van der Waals surface area contributed by atoms with E-state index in [0.717, 1.165) is 0 Å². The zero-order valence-electron chi connectivity index (χ0n) is 9.65. The lowest BCUT2D eigenvalue weighted by molar-refractivity contribution is 0.477. The van der Waals surface area contributed by atoms with E-state index in [1.807, 2.05) is 6.07 Å². The van der Waals surface area contributed by atoms with Crippen molar-refractivity contribution in [2.75, 3.05) is 11.5 Å². The van der Waals surface area contributed by atoms with Crippen molar-refractivity contribution in [3.8, 4) is 23.1 Å². The van der Waals surface area contributed by atoms with E-state index in [-0.39, 0.29) is 44.4 Å². The number of nitrogens with two attached hydrogens (primary N) is 2. The van der Waals surface area contributed by atoms with Crippen LogP contribution in [0.2, 0.25) is 10.0 Å². The van der Waals surface area contributed by atoms with E-state index in [9.17, 15) is 5.11 Å². The monoisotopic (exact) mass is 373 g/mol. The SMILES string of the molecule is N#Cc1c(N)nc(N)nc1-c1cc(Br)c(Cl)c(Cl)c1O. The molecule has 102 valence electrons. The van der Waals surface area contributed by atoms with E-state index >= 15 is 0 Å². The number of nitrogen functional groups attached to an aromatic ring is 2. The predicted octanol–water partition coefficient (Wildman–Crippen LogP) is 2.95. The van der Waals surface area contributed by atoms with Crippen LogP contribution in [0, 0.1) is 11.3 Å². The van der Waals surface area contributed by atoms with Crippen molar-refractivity contribution in [2.24, 2.45) is 0 Å². The van der Waals surface area contributed by atoms with Gasteiger partial charge in [0.25, 0.3) is 0 Å². The van der Waals surface area contributed by atoms with Gasteiger partial charge in [-0.2, -0.15) is 10.2 Å². The van der Waals surface area contributed by atoms with Crippen LogP contribution in [0.15, 0.2) is 10.5 Å². The van der Waals surface area contributed by atoms with Gasteiger partial charge in [-0.3, -0.25) is 0 Å². The highest BCUT2D eigenvalue weighted by atomic mass is 79.9. The quantitative estimate of drug-likeness (QED) is 0.659. The van der Waals surface area contributed by atoms with Crippen molar-refractivity contribution >= 4 is 50.9 Å². The molecule has 0 saturated carbocycles. The number of anilines is 2. The van der Waals surface area contributed by atoms with Gasteiger partial charge in [0.15, 0.2) is 0 Å². The van der Waals surface area contributed by atoms with Crippen LogP contribution in [0.3, 0.4) is 0 Å². The van der Waals surface area contributed by atoms with Crippen molar-refractivity contribution in [2.45, 2.75) is 0 Å². The van der Waals surface area contributed by atoms with Gasteiger partial charge in [-0.05, 0) is 22.0 Å². The summed E-state index contributed by atoms with van der Waals surface area (Å²) in [6, 6.07) is 3.33. The average molecular weight is 375 g/mol. The second-order valence-electron chi connectivity index (χ2n) is 3.68. The molecule has 2 aromatic rings. The Kier molecular flexibility index (Phi) is 3.90. The predicted molar refractivity (Wildman–Crippen MR) is 80.4 cm³/mol. The van der Waals surface area contributed by atoms with Crippen molar-refractivity contribution in [1.29, 1.82) is 5.26 Å². The fourth-order valence-electron chi connectivity index (χ4n) is 1.57. The lowest BCUT2D eigenvalue weighted by Gasteiger charge is -2.11. The molecule has 5 N–H and O–H groups in total. The van der Waals surface area contributed by atoms with Gasteiger partial charge in [0.1, 0.15) is 28.2 Å². The molecule has 0 bridgehead atoms. The molecule has 0 aliphatic rings. The maximum absolute atomic E-state index is 10.1. The first kappa shape index (κ1) is 14.7. The largest absolute Gasteiger partial charge is 0.506 e. The van der Waals surface area contributed by atoms with Gasteiger partial charge in [-0.1, -0.05) is 23.2 Å². The summed E-state index contributed by atoms with van der Waals surface area (Å²) in [7, 11) is 0. The summed E-state index contributed by atoms with van der Waals surface area (Å²) >= 11 is 15.0. The number of benzene rings is 1. The summed E-state index contributed by atoms with van der Waals surface area (Å²) in [5.74, 6) is -0.538. The molecule has 1 heterocycles. The van der Waals surface area contributed by atoms with Crippen LogP contribution < -0.4 is 11.5 Å². The summed E-state index contributed by atoms with van der Waals surface area (Å²) < 4.78 is 0.427. The van der Waals surface area contributed by atoms with Crippen LogP contribution in [0.25, 0.3) is 11.3 Å². The molecule has 0 aliphatic carbocycles. The minimum Gasteiger partial charge on any atom is -0.506 e. The third-order valence-corrected chi connectivity index (χ3v) is 4.17. The van der Waals surface area contributed by atoms with Crippen LogP contribution in [-0.2, 0) is 0 Å². The summed E-state index contributed by atoms with van der Waals surface area (Å²) in [5, 5.41) is 19.3. The molecule has 1 aromatic carbocycles. The summed E-state index contributed by atoms with van der Waals surface area (Å²) in [5.41, 5.74) is 11.4. The van der Waals surface area contributed by atoms with E-state index in [4.69, 9.17) is 39.9 Å². The molecule has 0 aliphatic heterocycles. The normalized spacial score (nSPS) is 10.3. The number of rotatable bonds is 1. The molecule has 2 rings (SSSR count). The zero-order valence-corrected chi connectivity index (χ0v) is 12.8. The molecule has 0 amide bonds. The van der Waals surface area contributed by atoms with Gasteiger partial charge in [-0.15, -0.1) is 0 Å². The maximum atomic E-state index is 10.1. The Morgan fingerprint density at radius 2 is 1.90 bits per heavy atom. The molecule has 0 radical (unpaired) electrons. The fraction of sp³-hybridized carbons (Fsp3) is 0. The zero-order chi connectivity index (χ0) is 15.0. The van der Waals surface area contributed by atoms with Gasteiger partial charge in [0, 0.05) is 10.0 Å². The third-order valence-electron chi connectivity index (χ3n) is 2.46. The highest BCUT2D eigenvalue weighted by molar-refractivity contribution is 9.10. The molecule has 0 spiro atoms. The molecule has 1 aromatic heterocycles. The lowest BCUT2D eigenvalue weighted by Crippen LogP contribution is -2.05. The number of hydrogen-bond donors (Lipinski definition) is 3. The van der Waals surface area contributed by atoms with E-state index < -0.39 is 0 Å². The van der Waals surface area contributed by atoms with Gasteiger partial charge < -0.3 is 16.6 Å². The number of aromatic nitrogens is 2. The number of halogens is 3. The van der Waals surface area contributed by atoms with Crippen LogP contribution in [0.5, 0.6) is 5.75 Å². The maximum Gasteiger partial charge on any atom is 0.222 e. The van der Waals surface area contributed by atoms with Crippen molar-refractivity contribution < 1.29 is 5.11 Å². The van der Waals surface area contributed by atoms with Gasteiger partial charge >= 0.3 is 0 Å². The van der Waals surface area contributed by atoms with Gasteiger partial charge in [0.05, 0.1) is 10.7 Å². The minimum atomic E-state index is -0.325. The standard InChI is InChI=1S/C11H6BrCl2N5O/c12-5-1-3(9(20)7(14)6(5)13)8-4(2-15)10(16)19-11(17)18-8/h1,20H,(H4,16,17,18,19). The molecule has 6 nitrogen and oxygen atoms in total. The number of hydrogen-bond acceptors (Lipinski definition) is 6. The average Bonchev–Trinajstić information content (AvgIpc) is 2.39. The van der Waals surface area contributed by atoms with E-state index in [0.29, 0.717) is 4.47 Å². The summed E-state index contributed by atoms with van der Waals surface area (Å²) in [6.07, 6.45) is 0. The minimum absolute atomic E-state index is 0.0141. The van der Waals surface area contributed by atoms with E-state index in [2.05, 4.69) is 25.9 Å². The molecule has 20 heavy (non-hydrogen) atoms. The highest BCUT2D eigenvalue weighted by Gasteiger charge is 2.20. The lowest BCUT2D eigenvalue weighted by atomic mass is 10.1. The Labute approximate surface area is 132 Å². The molecule has 9 heteroatoms. The van der Waals surface area contributed by atoms with Gasteiger partial charge in [0.2, 0.25) is 5.95 Å². The second-order valence-corrected chi connectivity index (χ2v) is 5.30. The number of nitriles is 1. The number of phenolic OH excluding ortho intramolecular Hbond substituents is 1. The molecule has 0 saturated heterocycles. The fourth-order valence-corrected chi connectivity index (χ4v) is 2.46. The Balaban J connectivity index is 2.86. The highest BCUT2D eigenvalue weighted by Crippen LogP contribution is 2.44. The molecule has 0 unspecified atom stereocenters. The Hall–Kier alpha value is -1.75. The van der Waals surface area contributed by atoms with Crippen molar-refractivity contribution in [3.63, 3.8) is 0 Å². The number of phenols is 1. The van der Waals surface area contributed by atoms with Crippen molar-refractivity contribution in [3.05, 3.63) is 26.1 Å². The molecular weight excluding hydrogens is 369 g/mol. The number of aromatic hydroxyl groups is 1. The topological polar surface area (TPSA) is 122 Å².